The maximum absolute atomic E-state index is 13.9. The van der Waals surface area contributed by atoms with E-state index in [1.165, 1.54) is 36.4 Å². The van der Waals surface area contributed by atoms with E-state index in [0.717, 1.165) is 29.2 Å². The van der Waals surface area contributed by atoms with Gasteiger partial charge in [0.2, 0.25) is 5.91 Å². The number of amides is 3. The van der Waals surface area contributed by atoms with Crippen molar-refractivity contribution in [3.63, 3.8) is 0 Å². The fraction of sp³-hybridized carbons (Fsp3) is 0.0455. The molecule has 1 aromatic heterocycles. The van der Waals surface area contributed by atoms with Gasteiger partial charge in [0.25, 0.3) is 11.1 Å². The van der Waals surface area contributed by atoms with Crippen LogP contribution in [0.5, 0.6) is 0 Å². The van der Waals surface area contributed by atoms with Gasteiger partial charge < -0.3 is 9.73 Å². The minimum Gasteiger partial charge on any atom is -0.457 e. The van der Waals surface area contributed by atoms with Crippen molar-refractivity contribution in [1.29, 1.82) is 0 Å². The molecule has 32 heavy (non-hydrogen) atoms. The molecule has 3 aromatic rings. The summed E-state index contributed by atoms with van der Waals surface area (Å²) in [6, 6.07) is 11.0. The molecule has 1 fully saturated rings. The number of anilines is 1. The Kier molecular flexibility index (Phi) is 5.87. The lowest BCUT2D eigenvalue weighted by Crippen LogP contribution is -2.36. The molecule has 1 aliphatic rings. The van der Waals surface area contributed by atoms with Gasteiger partial charge in [-0.05, 0) is 60.3 Å². The molecule has 0 radical (unpaired) electrons. The third-order valence-corrected chi connectivity index (χ3v) is 5.31. The summed E-state index contributed by atoms with van der Waals surface area (Å²) >= 11 is 0.622. The highest BCUT2D eigenvalue weighted by Crippen LogP contribution is 2.33. The predicted octanol–water partition coefficient (Wildman–Crippen LogP) is 5.04. The van der Waals surface area contributed by atoms with Crippen LogP contribution in [0.25, 0.3) is 17.4 Å². The first kappa shape index (κ1) is 21.4. The van der Waals surface area contributed by atoms with Crippen LogP contribution in [-0.4, -0.2) is 28.5 Å². The van der Waals surface area contributed by atoms with E-state index in [4.69, 9.17) is 4.42 Å². The lowest BCUT2D eigenvalue weighted by molar-refractivity contribution is -0.127. The molecule has 0 atom stereocenters. The van der Waals surface area contributed by atoms with Crippen molar-refractivity contribution >= 4 is 40.6 Å². The van der Waals surface area contributed by atoms with Gasteiger partial charge in [-0.25, -0.2) is 13.2 Å². The number of nitrogens with zero attached hydrogens (tertiary/aromatic N) is 1. The maximum Gasteiger partial charge on any atom is 0.294 e. The van der Waals surface area contributed by atoms with E-state index in [-0.39, 0.29) is 22.0 Å². The molecule has 162 valence electrons. The highest BCUT2D eigenvalue weighted by Gasteiger charge is 2.36. The van der Waals surface area contributed by atoms with Gasteiger partial charge in [-0.1, -0.05) is 0 Å². The van der Waals surface area contributed by atoms with Crippen LogP contribution in [0.1, 0.15) is 5.76 Å². The summed E-state index contributed by atoms with van der Waals surface area (Å²) in [5.74, 6) is -3.04. The number of benzene rings is 2. The summed E-state index contributed by atoms with van der Waals surface area (Å²) in [5, 5.41) is 1.82. The Hall–Kier alpha value is -3.79. The fourth-order valence-corrected chi connectivity index (χ4v) is 3.73. The van der Waals surface area contributed by atoms with E-state index >= 15 is 0 Å². The Balaban J connectivity index is 1.46. The van der Waals surface area contributed by atoms with Crippen molar-refractivity contribution in [3.8, 4) is 11.3 Å². The predicted molar refractivity (Wildman–Crippen MR) is 112 cm³/mol. The Morgan fingerprint density at radius 2 is 1.72 bits per heavy atom. The standard InChI is InChI=1S/C22H13F3N2O4S/c23-12-1-4-14(5-2-12)26-20(28)11-27-21(29)19(32-22(27)30)10-15-6-8-18(31-15)16-7-3-13(24)9-17(16)25/h1-10H,11H2,(H,26,28)/b19-10+. The van der Waals surface area contributed by atoms with Gasteiger partial charge in [-0.2, -0.15) is 0 Å². The van der Waals surface area contributed by atoms with Crippen molar-refractivity contribution < 1.29 is 32.0 Å². The second-order valence-corrected chi connectivity index (χ2v) is 7.64. The van der Waals surface area contributed by atoms with E-state index in [1.54, 1.807) is 0 Å². The second kappa shape index (κ2) is 8.75. The van der Waals surface area contributed by atoms with Gasteiger partial charge in [0, 0.05) is 17.8 Å². The van der Waals surface area contributed by atoms with Gasteiger partial charge in [0.05, 0.1) is 10.5 Å². The Bertz CT molecular complexity index is 1250. The van der Waals surface area contributed by atoms with Crippen molar-refractivity contribution in [2.45, 2.75) is 0 Å². The number of furan rings is 1. The first-order valence-corrected chi connectivity index (χ1v) is 9.98. The number of hydrogen-bond acceptors (Lipinski definition) is 5. The molecule has 3 amide bonds. The lowest BCUT2D eigenvalue weighted by Gasteiger charge is -2.12. The number of carbonyl (C=O) groups excluding carboxylic acids is 3. The van der Waals surface area contributed by atoms with Crippen LogP contribution < -0.4 is 5.32 Å². The Labute approximate surface area is 183 Å². The molecular weight excluding hydrogens is 445 g/mol. The molecule has 0 aliphatic carbocycles. The molecule has 2 aromatic carbocycles. The summed E-state index contributed by atoms with van der Waals surface area (Å²) in [6.07, 6.45) is 1.30. The minimum absolute atomic E-state index is 0.0186. The molecule has 0 spiro atoms. The van der Waals surface area contributed by atoms with E-state index in [2.05, 4.69) is 5.32 Å². The van der Waals surface area contributed by atoms with Gasteiger partial charge in [0.15, 0.2) is 0 Å². The molecule has 1 aliphatic heterocycles. The second-order valence-electron chi connectivity index (χ2n) is 6.65. The first-order valence-electron chi connectivity index (χ1n) is 9.16. The van der Waals surface area contributed by atoms with Crippen LogP contribution in [0, 0.1) is 17.5 Å². The van der Waals surface area contributed by atoms with Crippen molar-refractivity contribution in [2.75, 3.05) is 11.9 Å². The van der Waals surface area contributed by atoms with E-state index in [1.807, 2.05) is 0 Å². The number of hydrogen-bond donors (Lipinski definition) is 1. The molecule has 1 saturated heterocycles. The van der Waals surface area contributed by atoms with Crippen molar-refractivity contribution in [3.05, 3.63) is 82.7 Å². The molecule has 0 unspecified atom stereocenters. The summed E-state index contributed by atoms with van der Waals surface area (Å²) in [5.41, 5.74) is 0.353. The fourth-order valence-electron chi connectivity index (χ4n) is 2.91. The van der Waals surface area contributed by atoms with E-state index < -0.39 is 41.0 Å². The zero-order valence-electron chi connectivity index (χ0n) is 16.1. The van der Waals surface area contributed by atoms with Crippen LogP contribution in [-0.2, 0) is 9.59 Å². The zero-order valence-corrected chi connectivity index (χ0v) is 16.9. The average Bonchev–Trinajstić information content (AvgIpc) is 3.30. The molecule has 6 nitrogen and oxygen atoms in total. The van der Waals surface area contributed by atoms with Crippen LogP contribution in [0.4, 0.5) is 23.7 Å². The maximum atomic E-state index is 13.9. The smallest absolute Gasteiger partial charge is 0.294 e. The normalized spacial score (nSPS) is 15.0. The summed E-state index contributed by atoms with van der Waals surface area (Å²) < 4.78 is 45.5. The van der Waals surface area contributed by atoms with Crippen molar-refractivity contribution in [2.24, 2.45) is 0 Å². The Morgan fingerprint density at radius 1 is 1.00 bits per heavy atom. The number of imide groups is 1. The SMILES string of the molecule is O=C(CN1C(=O)S/C(=C/c2ccc(-c3ccc(F)cc3F)o2)C1=O)Nc1ccc(F)cc1. The van der Waals surface area contributed by atoms with Crippen LogP contribution in [0.15, 0.2) is 63.9 Å². The van der Waals surface area contributed by atoms with Gasteiger partial charge in [-0.3, -0.25) is 19.3 Å². The largest absolute Gasteiger partial charge is 0.457 e. The molecule has 1 N–H and O–H groups in total. The van der Waals surface area contributed by atoms with E-state index in [0.29, 0.717) is 17.4 Å². The van der Waals surface area contributed by atoms with Gasteiger partial charge in [-0.15, -0.1) is 0 Å². The molecule has 0 saturated carbocycles. The highest BCUT2D eigenvalue weighted by atomic mass is 32.2. The average molecular weight is 458 g/mol. The molecule has 10 heteroatoms. The van der Waals surface area contributed by atoms with Crippen LogP contribution in [0.2, 0.25) is 0 Å². The quantitative estimate of drug-likeness (QED) is 0.542. The number of carbonyl (C=O) groups is 3. The Morgan fingerprint density at radius 3 is 2.44 bits per heavy atom. The topological polar surface area (TPSA) is 79.6 Å². The highest BCUT2D eigenvalue weighted by molar-refractivity contribution is 8.18. The number of rotatable bonds is 5. The molecular formula is C22H13F3N2O4S. The molecule has 4 rings (SSSR count). The molecule has 0 bridgehead atoms. The lowest BCUT2D eigenvalue weighted by atomic mass is 10.1. The summed E-state index contributed by atoms with van der Waals surface area (Å²) in [4.78, 5) is 37.7. The number of halogens is 3. The van der Waals surface area contributed by atoms with Gasteiger partial charge in [0.1, 0.15) is 35.5 Å². The minimum atomic E-state index is -0.807. The number of nitrogens with one attached hydrogen (secondary N) is 1. The van der Waals surface area contributed by atoms with Crippen LogP contribution >= 0.6 is 11.8 Å². The third kappa shape index (κ3) is 4.59. The van der Waals surface area contributed by atoms with E-state index in [9.17, 15) is 27.6 Å². The van der Waals surface area contributed by atoms with Gasteiger partial charge >= 0.3 is 0 Å². The first-order chi connectivity index (χ1) is 15.3. The summed E-state index contributed by atoms with van der Waals surface area (Å²) in [6.45, 7) is -0.524. The third-order valence-electron chi connectivity index (χ3n) is 4.40. The van der Waals surface area contributed by atoms with Crippen molar-refractivity contribution in [1.82, 2.24) is 4.90 Å². The molecule has 2 heterocycles. The summed E-state index contributed by atoms with van der Waals surface area (Å²) in [7, 11) is 0. The zero-order chi connectivity index (χ0) is 22.8. The van der Waals surface area contributed by atoms with Crippen LogP contribution in [0.3, 0.4) is 0 Å². The number of thioether (sulfide) groups is 1. The monoisotopic (exact) mass is 458 g/mol.